The summed E-state index contributed by atoms with van der Waals surface area (Å²) < 4.78 is 73.6. The van der Waals surface area contributed by atoms with Gasteiger partial charge in [-0.15, -0.1) is 0 Å². The van der Waals surface area contributed by atoms with Crippen molar-refractivity contribution in [2.45, 2.75) is 67.7 Å². The topological polar surface area (TPSA) is 253 Å². The van der Waals surface area contributed by atoms with Gasteiger partial charge in [-0.05, 0) is 32.8 Å². The smallest absolute Gasteiger partial charge is 0.458 e. The second-order valence-electron chi connectivity index (χ2n) is 10.3. The normalized spacial score (nSPS) is 36.9. The first kappa shape index (κ1) is 34.6. The van der Waals surface area contributed by atoms with Crippen molar-refractivity contribution >= 4 is 43.3 Å². The average Bonchev–Trinajstić information content (AvgIpc) is 3.44. The van der Waals surface area contributed by atoms with E-state index in [0.717, 1.165) is 0 Å². The number of nitrogens with zero attached hydrogens (tertiary/aromatic N) is 3. The predicted octanol–water partition coefficient (Wildman–Crippen LogP) is -0.592. The number of aliphatic hydroxyl groups excluding tert-OH is 4. The van der Waals surface area contributed by atoms with E-state index in [-0.39, 0.29) is 22.5 Å². The minimum atomic E-state index is -5.49. The Morgan fingerprint density at radius 3 is 2.51 bits per heavy atom. The molecule has 43 heavy (non-hydrogen) atoms. The lowest BCUT2D eigenvalue weighted by molar-refractivity contribution is -0.287. The lowest BCUT2D eigenvalue weighted by Gasteiger charge is -2.41. The molecule has 244 valence electrons. The summed E-state index contributed by atoms with van der Waals surface area (Å²) in [6.07, 6.45) is -12.9. The van der Waals surface area contributed by atoms with Crippen molar-refractivity contribution < 1.29 is 70.8 Å². The number of fused-ring (bicyclic) bond motifs is 1. The molecule has 0 saturated carbocycles. The van der Waals surface area contributed by atoms with Crippen molar-refractivity contribution in [2.75, 3.05) is 33.0 Å². The Kier molecular flexibility index (Phi) is 10.3. The third-order valence-corrected chi connectivity index (χ3v) is 10.5. The zero-order valence-corrected chi connectivity index (χ0v) is 25.4. The number of hydrogen-bond donors (Lipinski definition) is 7. The van der Waals surface area contributed by atoms with E-state index in [0.29, 0.717) is 0 Å². The molecule has 7 unspecified atom stereocenters. The van der Waals surface area contributed by atoms with Gasteiger partial charge in [0, 0.05) is 5.56 Å². The molecule has 2 aromatic rings. The molecule has 17 nitrogen and oxygen atoms in total. The van der Waals surface area contributed by atoms with Gasteiger partial charge in [0.2, 0.25) is 0 Å². The molecule has 0 radical (unpaired) electrons. The van der Waals surface area contributed by atoms with E-state index in [4.69, 9.17) is 41.1 Å². The van der Waals surface area contributed by atoms with E-state index >= 15 is 4.39 Å². The molecule has 2 fully saturated rings. The summed E-state index contributed by atoms with van der Waals surface area (Å²) in [4.78, 5) is 30.1. The van der Waals surface area contributed by atoms with Crippen LogP contribution in [0.4, 0.5) is 14.6 Å². The number of anilines is 1. The number of nitrogen functional groups attached to an aromatic ring is 1. The molecule has 12 atom stereocenters. The van der Waals surface area contributed by atoms with Crippen LogP contribution in [0, 0.1) is 0 Å². The number of aliphatic hydroxyl groups is 4. The van der Waals surface area contributed by atoms with E-state index in [9.17, 15) is 34.1 Å². The highest BCUT2D eigenvalue weighted by Crippen LogP contribution is 2.62. The van der Waals surface area contributed by atoms with Crippen molar-refractivity contribution in [3.05, 3.63) is 18.2 Å². The van der Waals surface area contributed by atoms with Gasteiger partial charge < -0.3 is 59.3 Å². The first-order chi connectivity index (χ1) is 19.9. The van der Waals surface area contributed by atoms with Crippen LogP contribution in [0.3, 0.4) is 0 Å². The Morgan fingerprint density at radius 1 is 1.21 bits per heavy atom. The average molecular weight is 681 g/mol. The number of phosphoric acid groups is 1. The monoisotopic (exact) mass is 680 g/mol. The quantitative estimate of drug-likeness (QED) is 0.146. The summed E-state index contributed by atoms with van der Waals surface area (Å²) in [5, 5.41) is 38.9. The number of hydrogen-bond acceptors (Lipinski definition) is 16. The standard InChI is InChI=1S/C21H32F2N4O13P2S/c1-21(23)17(27(2)3)10(37-18(21)8-5-35-16-11(8)25-7-26-19(16)24)6-36-42(34,43)40-41(32,33)39-20-14(31)12(29)13(30)15(38-20)9(22)4-28/h5,7,9-10,12-15,17-18,20,28-31H,4,6H2,1-3H3,(H,32,33)(H,34,43)(H2,24,25,26)/t9-,10+,12?,13?,14?,15?,17+,18-,20?,21+,42?/m0/s1. The number of halogens is 2. The van der Waals surface area contributed by atoms with Gasteiger partial charge in [-0.25, -0.2) is 27.6 Å². The van der Waals surface area contributed by atoms with Gasteiger partial charge in [-0.3, -0.25) is 4.52 Å². The second kappa shape index (κ2) is 12.8. The van der Waals surface area contributed by atoms with Crippen molar-refractivity contribution in [1.29, 1.82) is 0 Å². The number of rotatable bonds is 11. The van der Waals surface area contributed by atoms with Crippen molar-refractivity contribution in [3.8, 4) is 0 Å². The van der Waals surface area contributed by atoms with Crippen LogP contribution in [0.5, 0.6) is 0 Å². The van der Waals surface area contributed by atoms with Crippen molar-refractivity contribution in [3.63, 3.8) is 0 Å². The summed E-state index contributed by atoms with van der Waals surface area (Å²) in [6.45, 7) is -5.25. The molecule has 2 aliphatic heterocycles. The van der Waals surface area contributed by atoms with E-state index in [1.54, 1.807) is 14.1 Å². The first-order valence-electron chi connectivity index (χ1n) is 12.5. The Hall–Kier alpha value is -1.32. The molecule has 0 aliphatic carbocycles. The van der Waals surface area contributed by atoms with Crippen LogP contribution >= 0.6 is 14.5 Å². The molecule has 0 spiro atoms. The van der Waals surface area contributed by atoms with Crippen LogP contribution < -0.4 is 5.73 Å². The molecular weight excluding hydrogens is 648 g/mol. The van der Waals surface area contributed by atoms with Gasteiger partial charge in [0.15, 0.2) is 29.5 Å². The minimum Gasteiger partial charge on any atom is -0.458 e. The zero-order valence-electron chi connectivity index (χ0n) is 22.8. The number of likely N-dealkylation sites (N-methyl/N-ethyl adjacent to an activating group) is 1. The van der Waals surface area contributed by atoms with Gasteiger partial charge in [0.05, 0.1) is 25.5 Å². The van der Waals surface area contributed by atoms with Crippen LogP contribution in [-0.2, 0) is 39.2 Å². The third-order valence-electron chi connectivity index (χ3n) is 6.98. The zero-order chi connectivity index (χ0) is 32.1. The fourth-order valence-electron chi connectivity index (χ4n) is 5.16. The van der Waals surface area contributed by atoms with Crippen LogP contribution in [0.1, 0.15) is 18.6 Å². The van der Waals surface area contributed by atoms with E-state index in [1.807, 2.05) is 0 Å². The lowest BCUT2D eigenvalue weighted by atomic mass is 9.88. The van der Waals surface area contributed by atoms with Gasteiger partial charge in [-0.1, -0.05) is 0 Å². The lowest BCUT2D eigenvalue weighted by Crippen LogP contribution is -2.60. The van der Waals surface area contributed by atoms with E-state index in [1.165, 1.54) is 24.4 Å². The van der Waals surface area contributed by atoms with Crippen LogP contribution in [0.2, 0.25) is 0 Å². The Morgan fingerprint density at radius 2 is 1.88 bits per heavy atom. The highest BCUT2D eigenvalue weighted by molar-refractivity contribution is 8.08. The molecule has 4 rings (SSSR count). The van der Waals surface area contributed by atoms with Gasteiger partial charge >= 0.3 is 14.5 Å². The number of nitrogens with two attached hydrogens (primary N) is 1. The van der Waals surface area contributed by atoms with Crippen molar-refractivity contribution in [1.82, 2.24) is 14.9 Å². The van der Waals surface area contributed by atoms with Crippen molar-refractivity contribution in [2.24, 2.45) is 0 Å². The van der Waals surface area contributed by atoms with Gasteiger partial charge in [-0.2, -0.15) is 0 Å². The summed E-state index contributed by atoms with van der Waals surface area (Å²) in [6, 6.07) is -1.04. The Balaban J connectivity index is 1.46. The first-order valence-corrected chi connectivity index (χ1v) is 16.6. The predicted molar refractivity (Wildman–Crippen MR) is 144 cm³/mol. The molecule has 22 heteroatoms. The third kappa shape index (κ3) is 7.09. The number of phosphoric ester groups is 1. The molecule has 2 saturated heterocycles. The summed E-state index contributed by atoms with van der Waals surface area (Å²) in [7, 11) is -2.38. The number of aromatic nitrogens is 2. The highest BCUT2D eigenvalue weighted by Gasteiger charge is 2.57. The van der Waals surface area contributed by atoms with Gasteiger partial charge in [0.25, 0.3) is 0 Å². The number of alkyl halides is 2. The molecule has 8 N–H and O–H groups in total. The van der Waals surface area contributed by atoms with Crippen LogP contribution in [0.15, 0.2) is 17.0 Å². The molecule has 4 heterocycles. The molecular formula is C21H32F2N4O13P2S. The maximum absolute atomic E-state index is 16.3. The maximum Gasteiger partial charge on any atom is 0.481 e. The van der Waals surface area contributed by atoms with E-state index in [2.05, 4.69) is 18.8 Å². The fourth-order valence-corrected chi connectivity index (χ4v) is 8.25. The summed E-state index contributed by atoms with van der Waals surface area (Å²) >= 11 is 4.81. The van der Waals surface area contributed by atoms with Crippen LogP contribution in [0.25, 0.3) is 11.1 Å². The Labute approximate surface area is 248 Å². The fraction of sp³-hybridized carbons (Fsp3) is 0.714. The molecule has 0 aromatic carbocycles. The number of furan rings is 1. The van der Waals surface area contributed by atoms with Gasteiger partial charge in [0.1, 0.15) is 48.5 Å². The second-order valence-corrected chi connectivity index (χ2v) is 14.7. The maximum atomic E-state index is 16.3. The minimum absolute atomic E-state index is 0.0258. The molecule has 2 aliphatic rings. The largest absolute Gasteiger partial charge is 0.481 e. The highest BCUT2D eigenvalue weighted by atomic mass is 32.5. The SMILES string of the molecule is CN(C)[C@@H]1[C@@H](COP(O)(=S)OP(=O)(O)OC2OC([C@@H](F)CO)C(O)C(O)C2O)O[C@@H](c2coc3c(N)ncnc23)[C@]1(C)F. The molecule has 2 aromatic heterocycles. The Bertz CT molecular complexity index is 1390. The van der Waals surface area contributed by atoms with Crippen LogP contribution in [-0.4, -0.2) is 127 Å². The number of ether oxygens (including phenoxy) is 2. The molecule has 0 amide bonds. The summed E-state index contributed by atoms with van der Waals surface area (Å²) in [5.41, 5.74) is 4.23. The van der Waals surface area contributed by atoms with E-state index < -0.39 is 88.6 Å². The summed E-state index contributed by atoms with van der Waals surface area (Å²) in [5.74, 6) is 0.0258. The molecule has 0 bridgehead atoms.